The summed E-state index contributed by atoms with van der Waals surface area (Å²) in [4.78, 5) is 29.4. The van der Waals surface area contributed by atoms with Crippen LogP contribution in [-0.2, 0) is 9.53 Å². The molecule has 1 fully saturated rings. The summed E-state index contributed by atoms with van der Waals surface area (Å²) in [5.41, 5.74) is -0.254. The minimum absolute atomic E-state index is 0.0809. The van der Waals surface area contributed by atoms with Crippen LogP contribution in [0.2, 0.25) is 0 Å². The van der Waals surface area contributed by atoms with Gasteiger partial charge in [0.25, 0.3) is 0 Å². The standard InChI is InChI=1S/C16H31N5O3/c1-6-24-15(23)21-9-7-12(8-10-21)19-14(17-5)18-11-13(22)20-16(2,3)4/h12H,6-11H2,1-5H3,(H,20,22)(H2,17,18,19). The Morgan fingerprint density at radius 1 is 1.25 bits per heavy atom. The normalized spacial score (nSPS) is 16.5. The average molecular weight is 341 g/mol. The molecule has 8 nitrogen and oxygen atoms in total. The molecule has 138 valence electrons. The molecule has 0 aliphatic carbocycles. The molecule has 1 aliphatic heterocycles. The number of nitrogens with zero attached hydrogens (tertiary/aromatic N) is 2. The number of rotatable bonds is 4. The van der Waals surface area contributed by atoms with Crippen LogP contribution in [0.3, 0.4) is 0 Å². The largest absolute Gasteiger partial charge is 0.450 e. The molecule has 1 rings (SSSR count). The van der Waals surface area contributed by atoms with Crippen LogP contribution < -0.4 is 16.0 Å². The number of piperidine rings is 1. The van der Waals surface area contributed by atoms with Crippen LogP contribution in [0.1, 0.15) is 40.5 Å². The van der Waals surface area contributed by atoms with Crippen LogP contribution in [0.4, 0.5) is 4.79 Å². The summed E-state index contributed by atoms with van der Waals surface area (Å²) in [5.74, 6) is 0.510. The van der Waals surface area contributed by atoms with Crippen molar-refractivity contribution in [2.24, 2.45) is 4.99 Å². The third-order valence-corrected chi connectivity index (χ3v) is 3.52. The minimum Gasteiger partial charge on any atom is -0.450 e. The van der Waals surface area contributed by atoms with E-state index in [0.29, 0.717) is 25.7 Å². The van der Waals surface area contributed by atoms with Gasteiger partial charge in [0.15, 0.2) is 5.96 Å². The van der Waals surface area contributed by atoms with Crippen molar-refractivity contribution in [1.82, 2.24) is 20.9 Å². The van der Waals surface area contributed by atoms with Crippen LogP contribution in [0, 0.1) is 0 Å². The quantitative estimate of drug-likeness (QED) is 0.516. The van der Waals surface area contributed by atoms with Gasteiger partial charge in [-0.1, -0.05) is 0 Å². The van der Waals surface area contributed by atoms with E-state index >= 15 is 0 Å². The van der Waals surface area contributed by atoms with Gasteiger partial charge in [0.2, 0.25) is 5.91 Å². The number of hydrogen-bond donors (Lipinski definition) is 3. The molecule has 2 amide bonds. The maximum Gasteiger partial charge on any atom is 0.409 e. The predicted octanol–water partition coefficient (Wildman–Crippen LogP) is 0.687. The van der Waals surface area contributed by atoms with Crippen molar-refractivity contribution in [1.29, 1.82) is 0 Å². The van der Waals surface area contributed by atoms with Gasteiger partial charge in [0.1, 0.15) is 0 Å². The Morgan fingerprint density at radius 3 is 2.38 bits per heavy atom. The van der Waals surface area contributed by atoms with Gasteiger partial charge in [-0.15, -0.1) is 0 Å². The topological polar surface area (TPSA) is 95.1 Å². The van der Waals surface area contributed by atoms with Gasteiger partial charge >= 0.3 is 6.09 Å². The van der Waals surface area contributed by atoms with Crippen molar-refractivity contribution in [3.63, 3.8) is 0 Å². The number of likely N-dealkylation sites (tertiary alicyclic amines) is 1. The summed E-state index contributed by atoms with van der Waals surface area (Å²) in [6.07, 6.45) is 1.37. The molecule has 8 heteroatoms. The highest BCUT2D eigenvalue weighted by Gasteiger charge is 2.24. The number of hydrogen-bond acceptors (Lipinski definition) is 4. The first kappa shape index (κ1) is 20.1. The Morgan fingerprint density at radius 2 is 1.88 bits per heavy atom. The molecule has 0 saturated carbocycles. The number of nitrogens with one attached hydrogen (secondary N) is 3. The molecule has 0 radical (unpaired) electrons. The van der Waals surface area contributed by atoms with Gasteiger partial charge in [-0.3, -0.25) is 9.79 Å². The van der Waals surface area contributed by atoms with Gasteiger partial charge in [-0.2, -0.15) is 0 Å². The second-order valence-corrected chi connectivity index (χ2v) is 6.83. The number of ether oxygens (including phenoxy) is 1. The summed E-state index contributed by atoms with van der Waals surface area (Å²) in [5, 5.41) is 9.20. The molecule has 24 heavy (non-hydrogen) atoms. The van der Waals surface area contributed by atoms with Crippen molar-refractivity contribution >= 4 is 18.0 Å². The van der Waals surface area contributed by atoms with Crippen LogP contribution in [0.25, 0.3) is 0 Å². The average Bonchev–Trinajstić information content (AvgIpc) is 2.50. The SMILES string of the molecule is CCOC(=O)N1CCC(NC(=NC)NCC(=O)NC(C)(C)C)CC1. The molecular formula is C16H31N5O3. The third kappa shape index (κ3) is 7.52. The summed E-state index contributed by atoms with van der Waals surface area (Å²) in [6.45, 7) is 9.48. The zero-order valence-corrected chi connectivity index (χ0v) is 15.4. The first-order chi connectivity index (χ1) is 11.2. The fourth-order valence-electron chi connectivity index (χ4n) is 2.44. The minimum atomic E-state index is -0.254. The van der Waals surface area contributed by atoms with Crippen molar-refractivity contribution in [3.8, 4) is 0 Å². The van der Waals surface area contributed by atoms with E-state index in [0.717, 1.165) is 12.8 Å². The van der Waals surface area contributed by atoms with E-state index in [9.17, 15) is 9.59 Å². The molecule has 0 bridgehead atoms. The number of carbonyl (C=O) groups excluding carboxylic acids is 2. The van der Waals surface area contributed by atoms with Crippen molar-refractivity contribution in [2.45, 2.75) is 52.1 Å². The summed E-state index contributed by atoms with van der Waals surface area (Å²) in [7, 11) is 1.67. The lowest BCUT2D eigenvalue weighted by molar-refractivity contribution is -0.121. The summed E-state index contributed by atoms with van der Waals surface area (Å²) >= 11 is 0. The first-order valence-corrected chi connectivity index (χ1v) is 8.45. The van der Waals surface area contributed by atoms with Crippen LogP contribution in [-0.4, -0.2) is 67.7 Å². The van der Waals surface area contributed by atoms with Gasteiger partial charge in [0.05, 0.1) is 13.2 Å². The molecule has 1 saturated heterocycles. The molecule has 1 aliphatic rings. The lowest BCUT2D eigenvalue weighted by Gasteiger charge is -2.32. The predicted molar refractivity (Wildman–Crippen MR) is 94.0 cm³/mol. The van der Waals surface area contributed by atoms with E-state index in [1.54, 1.807) is 18.9 Å². The molecule has 0 spiro atoms. The first-order valence-electron chi connectivity index (χ1n) is 8.45. The van der Waals surface area contributed by atoms with Gasteiger partial charge in [0, 0.05) is 31.7 Å². The van der Waals surface area contributed by atoms with E-state index in [-0.39, 0.29) is 30.1 Å². The number of amides is 2. The van der Waals surface area contributed by atoms with Gasteiger partial charge in [-0.25, -0.2) is 4.79 Å². The zero-order valence-electron chi connectivity index (χ0n) is 15.4. The van der Waals surface area contributed by atoms with Crippen molar-refractivity contribution in [2.75, 3.05) is 33.3 Å². The van der Waals surface area contributed by atoms with E-state index < -0.39 is 0 Å². The lowest BCUT2D eigenvalue weighted by atomic mass is 10.1. The number of carbonyl (C=O) groups is 2. The van der Waals surface area contributed by atoms with E-state index in [1.165, 1.54) is 0 Å². The second kappa shape index (κ2) is 9.34. The molecule has 3 N–H and O–H groups in total. The molecule has 0 aromatic rings. The molecular weight excluding hydrogens is 310 g/mol. The van der Waals surface area contributed by atoms with Crippen molar-refractivity contribution < 1.29 is 14.3 Å². The Hall–Kier alpha value is -1.99. The zero-order chi connectivity index (χ0) is 18.2. The van der Waals surface area contributed by atoms with Crippen LogP contribution in [0.5, 0.6) is 0 Å². The van der Waals surface area contributed by atoms with Crippen LogP contribution in [0.15, 0.2) is 4.99 Å². The molecule has 1 heterocycles. The molecule has 0 aromatic heterocycles. The highest BCUT2D eigenvalue weighted by molar-refractivity contribution is 5.86. The second-order valence-electron chi connectivity index (χ2n) is 6.83. The van der Waals surface area contributed by atoms with Gasteiger partial charge < -0.3 is 25.6 Å². The number of guanidine groups is 1. The fraction of sp³-hybridized carbons (Fsp3) is 0.812. The van der Waals surface area contributed by atoms with E-state index in [4.69, 9.17) is 4.74 Å². The third-order valence-electron chi connectivity index (χ3n) is 3.52. The fourth-order valence-corrected chi connectivity index (χ4v) is 2.44. The Balaban J connectivity index is 2.35. The molecule has 0 aromatic carbocycles. The molecule has 0 unspecified atom stereocenters. The Bertz CT molecular complexity index is 451. The van der Waals surface area contributed by atoms with E-state index in [2.05, 4.69) is 20.9 Å². The smallest absolute Gasteiger partial charge is 0.409 e. The highest BCUT2D eigenvalue weighted by atomic mass is 16.6. The van der Waals surface area contributed by atoms with Gasteiger partial charge in [-0.05, 0) is 40.5 Å². The molecule has 0 atom stereocenters. The monoisotopic (exact) mass is 341 g/mol. The van der Waals surface area contributed by atoms with E-state index in [1.807, 2.05) is 20.8 Å². The van der Waals surface area contributed by atoms with Crippen LogP contribution >= 0.6 is 0 Å². The Labute approximate surface area is 144 Å². The Kier molecular flexibility index (Phi) is 7.81. The summed E-state index contributed by atoms with van der Waals surface area (Å²) < 4.78 is 5.01. The summed E-state index contributed by atoms with van der Waals surface area (Å²) in [6, 6.07) is 0.215. The number of aliphatic imine (C=N–C) groups is 1. The highest BCUT2D eigenvalue weighted by Crippen LogP contribution is 2.11. The lowest BCUT2D eigenvalue weighted by Crippen LogP contribution is -2.52. The maximum absolute atomic E-state index is 11.8. The van der Waals surface area contributed by atoms with Crippen molar-refractivity contribution in [3.05, 3.63) is 0 Å². The maximum atomic E-state index is 11.8.